The third-order valence-corrected chi connectivity index (χ3v) is 3.18. The Kier molecular flexibility index (Phi) is 2.19. The number of aromatic nitrogens is 4. The Balaban J connectivity index is 2.15. The molecule has 0 aliphatic carbocycles. The lowest BCUT2D eigenvalue weighted by atomic mass is 10.1. The number of hydrogen-bond donors (Lipinski definition) is 1. The maximum absolute atomic E-state index is 6.11. The van der Waals surface area contributed by atoms with Crippen molar-refractivity contribution in [1.82, 2.24) is 19.8 Å². The average molecular weight is 247 g/mol. The van der Waals surface area contributed by atoms with Gasteiger partial charge >= 0.3 is 0 Å². The Morgan fingerprint density at radius 3 is 2.47 bits per heavy atom. The molecular formula is C12H11ClN4. The van der Waals surface area contributed by atoms with Gasteiger partial charge in [-0.25, -0.2) is 0 Å². The fraction of sp³-hybridized carbons (Fsp3) is 0.167. The van der Waals surface area contributed by atoms with Crippen LogP contribution in [0.3, 0.4) is 0 Å². The molecule has 0 amide bonds. The molecule has 0 saturated carbocycles. The second-order valence-corrected chi connectivity index (χ2v) is 4.46. The normalized spacial score (nSPS) is 11.2. The van der Waals surface area contributed by atoms with Crippen LogP contribution in [0.15, 0.2) is 24.3 Å². The number of benzene rings is 1. The first-order valence-corrected chi connectivity index (χ1v) is 5.71. The van der Waals surface area contributed by atoms with E-state index in [0.29, 0.717) is 5.02 Å². The van der Waals surface area contributed by atoms with Gasteiger partial charge in [0.1, 0.15) is 5.02 Å². The van der Waals surface area contributed by atoms with Crippen molar-refractivity contribution in [3.05, 3.63) is 40.5 Å². The summed E-state index contributed by atoms with van der Waals surface area (Å²) in [5, 5.41) is 9.20. The molecule has 5 heteroatoms. The number of aromatic amines is 1. The molecular weight excluding hydrogens is 236 g/mol. The highest BCUT2D eigenvalue weighted by molar-refractivity contribution is 6.34. The van der Waals surface area contributed by atoms with Gasteiger partial charge in [-0.3, -0.25) is 0 Å². The van der Waals surface area contributed by atoms with Crippen molar-refractivity contribution in [2.75, 3.05) is 0 Å². The van der Waals surface area contributed by atoms with Gasteiger partial charge in [-0.2, -0.15) is 5.10 Å². The second kappa shape index (κ2) is 3.60. The van der Waals surface area contributed by atoms with Gasteiger partial charge in [-0.05, 0) is 13.8 Å². The van der Waals surface area contributed by atoms with Crippen molar-refractivity contribution >= 4 is 17.2 Å². The molecule has 4 nitrogen and oxygen atoms in total. The number of fused-ring (bicyclic) bond motifs is 1. The van der Waals surface area contributed by atoms with Crippen molar-refractivity contribution < 1.29 is 0 Å². The lowest BCUT2D eigenvalue weighted by molar-refractivity contribution is 0.810. The summed E-state index contributed by atoms with van der Waals surface area (Å²) in [6.45, 7) is 3.91. The Labute approximate surface area is 103 Å². The van der Waals surface area contributed by atoms with E-state index in [1.54, 1.807) is 0 Å². The van der Waals surface area contributed by atoms with Crippen molar-refractivity contribution in [1.29, 1.82) is 0 Å². The van der Waals surface area contributed by atoms with E-state index in [1.165, 1.54) is 10.2 Å². The van der Waals surface area contributed by atoms with Crippen molar-refractivity contribution in [2.45, 2.75) is 13.8 Å². The van der Waals surface area contributed by atoms with Gasteiger partial charge in [0.25, 0.3) is 0 Å². The van der Waals surface area contributed by atoms with Gasteiger partial charge in [0.15, 0.2) is 11.5 Å². The molecule has 86 valence electrons. The molecule has 0 aliphatic rings. The van der Waals surface area contributed by atoms with Gasteiger partial charge in [0, 0.05) is 5.56 Å². The number of aryl methyl sites for hydroxylation is 2. The van der Waals surface area contributed by atoms with Crippen molar-refractivity contribution in [3.8, 4) is 11.4 Å². The number of nitrogens with zero attached hydrogens (tertiary/aromatic N) is 3. The standard InChI is InChI=1S/C12H11ClN4/c1-7-3-5-9(6-4-7)11-14-12-10(13)8(2)15-17(12)16-11/h3-6H,1-2H3,(H,14,16). The minimum Gasteiger partial charge on any atom is -0.320 e. The van der Waals surface area contributed by atoms with Crippen LogP contribution in [0.2, 0.25) is 5.02 Å². The first-order valence-electron chi connectivity index (χ1n) is 5.33. The van der Waals surface area contributed by atoms with Crippen LogP contribution in [0, 0.1) is 13.8 Å². The molecule has 2 aromatic heterocycles. The first kappa shape index (κ1) is 10.4. The molecule has 1 aromatic carbocycles. The topological polar surface area (TPSA) is 46.0 Å². The highest BCUT2D eigenvalue weighted by Gasteiger charge is 2.12. The predicted octanol–water partition coefficient (Wildman–Crippen LogP) is 2.99. The minimum atomic E-state index is 0.621. The highest BCUT2D eigenvalue weighted by Crippen LogP contribution is 2.23. The summed E-state index contributed by atoms with van der Waals surface area (Å²) < 4.78 is 1.53. The SMILES string of the molecule is Cc1ccc(-c2nn3nc(C)c(Cl)c3[nH]2)cc1. The van der Waals surface area contributed by atoms with Gasteiger partial charge in [0.05, 0.1) is 5.69 Å². The fourth-order valence-electron chi connectivity index (χ4n) is 1.75. The minimum absolute atomic E-state index is 0.621. The molecule has 0 spiro atoms. The molecule has 0 radical (unpaired) electrons. The van der Waals surface area contributed by atoms with Crippen LogP contribution < -0.4 is 0 Å². The molecule has 3 aromatic rings. The van der Waals surface area contributed by atoms with Gasteiger partial charge in [0.2, 0.25) is 0 Å². The molecule has 1 N–H and O–H groups in total. The number of nitrogens with one attached hydrogen (secondary N) is 1. The molecule has 17 heavy (non-hydrogen) atoms. The van der Waals surface area contributed by atoms with Gasteiger partial charge in [-0.1, -0.05) is 41.4 Å². The Bertz CT molecular complexity index is 678. The molecule has 0 saturated heterocycles. The molecule has 0 aliphatic heterocycles. The van der Waals surface area contributed by atoms with E-state index < -0.39 is 0 Å². The summed E-state index contributed by atoms with van der Waals surface area (Å²) in [6.07, 6.45) is 0. The van der Waals surface area contributed by atoms with Crippen LogP contribution in [-0.2, 0) is 0 Å². The van der Waals surface area contributed by atoms with E-state index in [0.717, 1.165) is 22.7 Å². The number of H-pyrrole nitrogens is 1. The summed E-state index contributed by atoms with van der Waals surface area (Å²) in [5.41, 5.74) is 3.76. The summed E-state index contributed by atoms with van der Waals surface area (Å²) in [4.78, 5) is 3.18. The fourth-order valence-corrected chi connectivity index (χ4v) is 1.91. The molecule has 0 fully saturated rings. The lowest BCUT2D eigenvalue weighted by Gasteiger charge is -1.96. The Morgan fingerprint density at radius 1 is 1.12 bits per heavy atom. The van der Waals surface area contributed by atoms with E-state index in [4.69, 9.17) is 11.6 Å². The third kappa shape index (κ3) is 1.61. The Hall–Kier alpha value is -1.81. The van der Waals surface area contributed by atoms with Crippen molar-refractivity contribution in [3.63, 3.8) is 0 Å². The molecule has 0 bridgehead atoms. The van der Waals surface area contributed by atoms with E-state index in [1.807, 2.05) is 31.2 Å². The summed E-state index contributed by atoms with van der Waals surface area (Å²) in [5.74, 6) is 0.773. The quantitative estimate of drug-likeness (QED) is 0.718. The monoisotopic (exact) mass is 246 g/mol. The molecule has 0 atom stereocenters. The zero-order chi connectivity index (χ0) is 12.0. The zero-order valence-electron chi connectivity index (χ0n) is 9.53. The van der Waals surface area contributed by atoms with Crippen LogP contribution in [0.1, 0.15) is 11.3 Å². The molecule has 3 rings (SSSR count). The third-order valence-electron chi connectivity index (χ3n) is 2.73. The number of hydrogen-bond acceptors (Lipinski definition) is 2. The smallest absolute Gasteiger partial charge is 0.175 e. The van der Waals surface area contributed by atoms with E-state index in [-0.39, 0.29) is 0 Å². The number of halogens is 1. The average Bonchev–Trinajstić information content (AvgIpc) is 2.82. The molecule has 2 heterocycles. The maximum Gasteiger partial charge on any atom is 0.175 e. The highest BCUT2D eigenvalue weighted by atomic mass is 35.5. The number of rotatable bonds is 1. The molecule has 0 unspecified atom stereocenters. The first-order chi connectivity index (χ1) is 8.15. The second-order valence-electron chi connectivity index (χ2n) is 4.08. The van der Waals surface area contributed by atoms with Gasteiger partial charge < -0.3 is 4.98 Å². The summed E-state index contributed by atoms with van der Waals surface area (Å²) in [7, 11) is 0. The van der Waals surface area contributed by atoms with Crippen molar-refractivity contribution in [2.24, 2.45) is 0 Å². The van der Waals surface area contributed by atoms with E-state index in [2.05, 4.69) is 22.1 Å². The zero-order valence-corrected chi connectivity index (χ0v) is 10.3. The van der Waals surface area contributed by atoms with Crippen LogP contribution in [0.4, 0.5) is 0 Å². The van der Waals surface area contributed by atoms with E-state index >= 15 is 0 Å². The van der Waals surface area contributed by atoms with Crippen LogP contribution in [-0.4, -0.2) is 19.8 Å². The van der Waals surface area contributed by atoms with Gasteiger partial charge in [-0.15, -0.1) is 9.73 Å². The van der Waals surface area contributed by atoms with E-state index in [9.17, 15) is 0 Å². The van der Waals surface area contributed by atoms with Crippen LogP contribution in [0.25, 0.3) is 17.0 Å². The predicted molar refractivity (Wildman–Crippen MR) is 67.3 cm³/mol. The van der Waals surface area contributed by atoms with Crippen LogP contribution >= 0.6 is 11.6 Å². The summed E-state index contributed by atoms with van der Waals surface area (Å²) in [6, 6.07) is 8.14. The maximum atomic E-state index is 6.11. The Morgan fingerprint density at radius 2 is 1.82 bits per heavy atom. The lowest BCUT2D eigenvalue weighted by Crippen LogP contribution is -1.88. The van der Waals surface area contributed by atoms with Crippen LogP contribution in [0.5, 0.6) is 0 Å². The largest absolute Gasteiger partial charge is 0.320 e. The summed E-state index contributed by atoms with van der Waals surface area (Å²) >= 11 is 6.11.